The fourth-order valence-corrected chi connectivity index (χ4v) is 5.69. The van der Waals surface area contributed by atoms with Gasteiger partial charge in [-0.15, -0.1) is 0 Å². The van der Waals surface area contributed by atoms with Gasteiger partial charge in [-0.1, -0.05) is 89.5 Å². The van der Waals surface area contributed by atoms with Crippen LogP contribution >= 0.6 is 0 Å². The maximum absolute atomic E-state index is 13.0. The molecular weight excluding hydrogens is 558 g/mol. The van der Waals surface area contributed by atoms with Crippen molar-refractivity contribution in [3.8, 4) is 0 Å². The molecule has 0 aliphatic carbocycles. The molecule has 0 aromatic rings. The second kappa shape index (κ2) is 16.4. The van der Waals surface area contributed by atoms with E-state index in [0.717, 1.165) is 12.8 Å². The second-order valence-electron chi connectivity index (χ2n) is 17.4. The van der Waals surface area contributed by atoms with Gasteiger partial charge >= 0.3 is 5.97 Å². The first-order valence-corrected chi connectivity index (χ1v) is 16.4. The molecule has 0 rings (SSSR count). The molecule has 44 heavy (non-hydrogen) atoms. The van der Waals surface area contributed by atoms with Crippen LogP contribution in [0.25, 0.3) is 0 Å². The van der Waals surface area contributed by atoms with E-state index in [-0.39, 0.29) is 46.8 Å². The predicted octanol–water partition coefficient (Wildman–Crippen LogP) is 6.48. The first-order valence-electron chi connectivity index (χ1n) is 16.4. The van der Waals surface area contributed by atoms with Gasteiger partial charge in [0.05, 0.1) is 5.60 Å². The zero-order valence-electron chi connectivity index (χ0n) is 30.6. The van der Waals surface area contributed by atoms with E-state index in [1.807, 2.05) is 48.5 Å². The Morgan fingerprint density at radius 2 is 1.30 bits per heavy atom. The highest BCUT2D eigenvalue weighted by molar-refractivity contribution is 5.87. The van der Waals surface area contributed by atoms with E-state index in [9.17, 15) is 24.3 Å². The summed E-state index contributed by atoms with van der Waals surface area (Å²) in [6.45, 7) is 29.9. The lowest BCUT2D eigenvalue weighted by atomic mass is 9.73. The van der Waals surface area contributed by atoms with E-state index < -0.39 is 28.4 Å². The van der Waals surface area contributed by atoms with Crippen LogP contribution in [0.3, 0.4) is 0 Å². The fourth-order valence-electron chi connectivity index (χ4n) is 5.69. The molecule has 0 bridgehead atoms. The average molecular weight is 626 g/mol. The molecule has 3 amide bonds. The second-order valence-corrected chi connectivity index (χ2v) is 17.4. The highest BCUT2D eigenvalue weighted by atomic mass is 16.5. The molecule has 0 radical (unpaired) electrons. The van der Waals surface area contributed by atoms with Gasteiger partial charge < -0.3 is 25.8 Å². The Hall–Kier alpha value is -2.16. The largest absolute Gasteiger partial charge is 0.480 e. The molecule has 0 aliphatic heterocycles. The summed E-state index contributed by atoms with van der Waals surface area (Å²) in [6.07, 6.45) is 3.80. The van der Waals surface area contributed by atoms with Gasteiger partial charge in [0.25, 0.3) is 0 Å². The molecule has 0 saturated heterocycles. The molecule has 0 saturated carbocycles. The molecule has 258 valence electrons. The minimum absolute atomic E-state index is 0.000348. The van der Waals surface area contributed by atoms with Crippen molar-refractivity contribution >= 4 is 23.7 Å². The number of aliphatic carboxylic acids is 1. The van der Waals surface area contributed by atoms with Crippen LogP contribution in [0.15, 0.2) is 0 Å². The van der Waals surface area contributed by atoms with Crippen molar-refractivity contribution in [3.05, 3.63) is 0 Å². The SMILES string of the molecule is CCC(C)(C)CC(C)(C)CNC(=O)C(C)(C)CCOC(C)(C)CCNC(=O)CCC(NC(=O)C(C)(C)CC(C)(C)C)C(=O)O. The van der Waals surface area contributed by atoms with Crippen molar-refractivity contribution in [1.82, 2.24) is 16.0 Å². The molecule has 1 unspecified atom stereocenters. The van der Waals surface area contributed by atoms with Crippen molar-refractivity contribution in [2.45, 2.75) is 154 Å². The number of rotatable bonds is 20. The molecular formula is C35H67N3O6. The number of hydrogen-bond donors (Lipinski definition) is 4. The number of carboxylic acid groups (broad SMARTS) is 1. The van der Waals surface area contributed by atoms with E-state index in [1.165, 1.54) is 0 Å². The minimum atomic E-state index is -1.16. The van der Waals surface area contributed by atoms with Gasteiger partial charge in [0.2, 0.25) is 17.7 Å². The van der Waals surface area contributed by atoms with Gasteiger partial charge in [0, 0.05) is 36.9 Å². The summed E-state index contributed by atoms with van der Waals surface area (Å²) in [5.41, 5.74) is -1.71. The predicted molar refractivity (Wildman–Crippen MR) is 178 cm³/mol. The molecule has 9 nitrogen and oxygen atoms in total. The molecule has 0 heterocycles. The van der Waals surface area contributed by atoms with E-state index in [4.69, 9.17) is 4.74 Å². The molecule has 1 atom stereocenters. The third-order valence-corrected chi connectivity index (χ3v) is 8.38. The zero-order valence-corrected chi connectivity index (χ0v) is 30.6. The smallest absolute Gasteiger partial charge is 0.326 e. The van der Waals surface area contributed by atoms with Crippen molar-refractivity contribution in [1.29, 1.82) is 0 Å². The topological polar surface area (TPSA) is 134 Å². The standard InChI is InChI=1S/C35H67N3O6/c1-15-31(5,6)23-32(7,8)24-37-28(42)33(9,10)19-21-44-35(13,14)18-20-36-26(39)17-16-25(27(40)41)38-29(43)34(11,12)22-30(2,3)4/h25H,15-24H2,1-14H3,(H,36,39)(H,37,42)(H,38,43)(H,40,41). The van der Waals surface area contributed by atoms with E-state index >= 15 is 0 Å². The van der Waals surface area contributed by atoms with Crippen molar-refractivity contribution in [3.63, 3.8) is 0 Å². The van der Waals surface area contributed by atoms with Crippen LogP contribution in [0.5, 0.6) is 0 Å². The molecule has 0 spiro atoms. The number of amides is 3. The van der Waals surface area contributed by atoms with Crippen LogP contribution in [0.2, 0.25) is 0 Å². The lowest BCUT2D eigenvalue weighted by Gasteiger charge is -2.35. The molecule has 0 aliphatic rings. The molecule has 4 N–H and O–H groups in total. The van der Waals surface area contributed by atoms with Crippen LogP contribution in [0.4, 0.5) is 0 Å². The first-order chi connectivity index (χ1) is 19.6. The number of nitrogens with one attached hydrogen (secondary N) is 3. The summed E-state index contributed by atoms with van der Waals surface area (Å²) in [5, 5.41) is 18.2. The lowest BCUT2D eigenvalue weighted by molar-refractivity contribution is -0.144. The Bertz CT molecular complexity index is 960. The summed E-state index contributed by atoms with van der Waals surface area (Å²) >= 11 is 0. The number of carbonyl (C=O) groups excluding carboxylic acids is 3. The molecule has 9 heteroatoms. The van der Waals surface area contributed by atoms with Gasteiger partial charge in [-0.3, -0.25) is 14.4 Å². The minimum Gasteiger partial charge on any atom is -0.480 e. The number of ether oxygens (including phenoxy) is 1. The number of hydrogen-bond acceptors (Lipinski definition) is 5. The zero-order chi connectivity index (χ0) is 34.8. The Labute approximate surface area is 268 Å². The van der Waals surface area contributed by atoms with Gasteiger partial charge in [-0.25, -0.2) is 4.79 Å². The Balaban J connectivity index is 4.67. The first kappa shape index (κ1) is 41.8. The Morgan fingerprint density at radius 3 is 1.80 bits per heavy atom. The van der Waals surface area contributed by atoms with E-state index in [2.05, 4.69) is 50.6 Å². The van der Waals surface area contributed by atoms with Gasteiger partial charge in [0.15, 0.2) is 0 Å². The van der Waals surface area contributed by atoms with E-state index in [1.54, 1.807) is 13.8 Å². The van der Waals surface area contributed by atoms with Crippen LogP contribution < -0.4 is 16.0 Å². The molecule has 0 aromatic heterocycles. The summed E-state index contributed by atoms with van der Waals surface area (Å²) < 4.78 is 6.11. The van der Waals surface area contributed by atoms with Crippen LogP contribution in [-0.4, -0.2) is 60.1 Å². The monoisotopic (exact) mass is 626 g/mol. The van der Waals surface area contributed by atoms with Crippen LogP contribution in [0.1, 0.15) is 142 Å². The van der Waals surface area contributed by atoms with E-state index in [0.29, 0.717) is 39.0 Å². The maximum atomic E-state index is 13.0. The van der Waals surface area contributed by atoms with Crippen molar-refractivity contribution in [2.75, 3.05) is 19.7 Å². The van der Waals surface area contributed by atoms with Gasteiger partial charge in [-0.05, 0) is 62.2 Å². The highest BCUT2D eigenvalue weighted by Gasteiger charge is 2.35. The molecule has 0 aromatic carbocycles. The Kier molecular flexibility index (Phi) is 15.6. The molecule has 0 fully saturated rings. The fraction of sp³-hybridized carbons (Fsp3) is 0.886. The van der Waals surface area contributed by atoms with Crippen LogP contribution in [0, 0.1) is 27.1 Å². The van der Waals surface area contributed by atoms with Crippen molar-refractivity contribution < 1.29 is 29.0 Å². The highest BCUT2D eigenvalue weighted by Crippen LogP contribution is 2.36. The summed E-state index contributed by atoms with van der Waals surface area (Å²) in [6, 6.07) is -1.14. The number of carboxylic acids is 1. The summed E-state index contributed by atoms with van der Waals surface area (Å²) in [4.78, 5) is 50.0. The summed E-state index contributed by atoms with van der Waals surface area (Å²) in [7, 11) is 0. The maximum Gasteiger partial charge on any atom is 0.326 e. The Morgan fingerprint density at radius 1 is 0.727 bits per heavy atom. The van der Waals surface area contributed by atoms with Crippen LogP contribution in [-0.2, 0) is 23.9 Å². The average Bonchev–Trinajstić information content (AvgIpc) is 2.82. The third-order valence-electron chi connectivity index (χ3n) is 8.38. The third kappa shape index (κ3) is 17.4. The van der Waals surface area contributed by atoms with Gasteiger partial charge in [-0.2, -0.15) is 0 Å². The number of carbonyl (C=O) groups is 4. The normalized spacial score (nSPS) is 14.1. The van der Waals surface area contributed by atoms with Crippen molar-refractivity contribution in [2.24, 2.45) is 27.1 Å². The quantitative estimate of drug-likeness (QED) is 0.122. The summed E-state index contributed by atoms with van der Waals surface area (Å²) in [5.74, 6) is -1.76. The van der Waals surface area contributed by atoms with Gasteiger partial charge in [0.1, 0.15) is 6.04 Å². The lowest BCUT2D eigenvalue weighted by Crippen LogP contribution is -2.48.